The van der Waals surface area contributed by atoms with Gasteiger partial charge < -0.3 is 4.74 Å². The third-order valence-corrected chi connectivity index (χ3v) is 4.27. The van der Waals surface area contributed by atoms with E-state index in [1.54, 1.807) is 11.8 Å². The maximum atomic E-state index is 12.2. The molecule has 2 rings (SSSR count). The van der Waals surface area contributed by atoms with E-state index >= 15 is 0 Å². The molecule has 2 amide bonds. The molecule has 0 aliphatic carbocycles. The summed E-state index contributed by atoms with van der Waals surface area (Å²) in [5.74, 6) is 2.37. The highest BCUT2D eigenvalue weighted by molar-refractivity contribution is 6.06. The van der Waals surface area contributed by atoms with Crippen LogP contribution < -0.4 is 0 Å². The van der Waals surface area contributed by atoms with Crippen LogP contribution in [0.1, 0.15) is 6.92 Å². The van der Waals surface area contributed by atoms with Crippen LogP contribution in [0.25, 0.3) is 0 Å². The first-order chi connectivity index (χ1) is 9.90. The topological polar surface area (TPSA) is 66.9 Å². The lowest BCUT2D eigenvalue weighted by molar-refractivity contribution is -0.149. The van der Waals surface area contributed by atoms with E-state index in [1.807, 2.05) is 0 Å². The Hall–Kier alpha value is -2.31. The van der Waals surface area contributed by atoms with Crippen LogP contribution in [-0.2, 0) is 19.1 Å². The van der Waals surface area contributed by atoms with E-state index in [4.69, 9.17) is 17.6 Å². The van der Waals surface area contributed by atoms with E-state index in [9.17, 15) is 14.4 Å². The van der Waals surface area contributed by atoms with Crippen molar-refractivity contribution in [1.82, 2.24) is 9.80 Å². The van der Waals surface area contributed by atoms with Crippen LogP contribution in [0, 0.1) is 36.5 Å². The molecule has 2 fully saturated rings. The molecule has 2 aliphatic rings. The smallest absolute Gasteiger partial charge is 0.322 e. The molecule has 2 aliphatic heterocycles. The van der Waals surface area contributed by atoms with E-state index in [0.29, 0.717) is 0 Å². The molecule has 5 atom stereocenters. The Labute approximate surface area is 123 Å². The Morgan fingerprint density at radius 3 is 1.95 bits per heavy atom. The van der Waals surface area contributed by atoms with E-state index in [0.717, 1.165) is 4.90 Å². The number of ether oxygens (including phenoxy) is 1. The highest BCUT2D eigenvalue weighted by Crippen LogP contribution is 2.42. The molecule has 0 N–H and O–H groups in total. The van der Waals surface area contributed by atoms with Crippen LogP contribution in [-0.4, -0.2) is 59.9 Å². The standard InChI is InChI=1S/C15H16N2O4/c1-6-9-11-12(14(19)16(4)13(11)18)10(7-2)17(9)8(3)15(20)21-5/h1-2,8-12H,3-5H3/t8-,9-,10+,11-,12+/m0/s1. The minimum atomic E-state index is -0.728. The summed E-state index contributed by atoms with van der Waals surface area (Å²) in [7, 11) is 2.67. The maximum Gasteiger partial charge on any atom is 0.322 e. The number of terminal acetylenes is 2. The Balaban J connectivity index is 2.48. The maximum absolute atomic E-state index is 12.2. The normalized spacial score (nSPS) is 33.3. The average Bonchev–Trinajstić information content (AvgIpc) is 2.94. The molecule has 110 valence electrons. The predicted molar refractivity (Wildman–Crippen MR) is 73.3 cm³/mol. The van der Waals surface area contributed by atoms with Gasteiger partial charge in [0.15, 0.2) is 0 Å². The van der Waals surface area contributed by atoms with Gasteiger partial charge in [0.05, 0.1) is 31.0 Å². The largest absolute Gasteiger partial charge is 0.468 e. The number of amides is 2. The molecule has 6 nitrogen and oxygen atoms in total. The van der Waals surface area contributed by atoms with Crippen molar-refractivity contribution in [3.63, 3.8) is 0 Å². The van der Waals surface area contributed by atoms with Crippen molar-refractivity contribution in [2.75, 3.05) is 14.2 Å². The average molecular weight is 288 g/mol. The van der Waals surface area contributed by atoms with Gasteiger partial charge in [-0.05, 0) is 6.92 Å². The Morgan fingerprint density at radius 1 is 1.19 bits per heavy atom. The number of esters is 1. The van der Waals surface area contributed by atoms with Gasteiger partial charge in [-0.2, -0.15) is 0 Å². The number of methoxy groups -OCH3 is 1. The number of imide groups is 1. The highest BCUT2D eigenvalue weighted by atomic mass is 16.5. The molecule has 0 radical (unpaired) electrons. The highest BCUT2D eigenvalue weighted by Gasteiger charge is 2.62. The number of likely N-dealkylation sites (tertiary alicyclic amines) is 2. The zero-order valence-corrected chi connectivity index (χ0v) is 12.1. The van der Waals surface area contributed by atoms with Gasteiger partial charge in [-0.1, -0.05) is 11.8 Å². The quantitative estimate of drug-likeness (QED) is 0.374. The summed E-state index contributed by atoms with van der Waals surface area (Å²) in [5.41, 5.74) is 0. The lowest BCUT2D eigenvalue weighted by Crippen LogP contribution is -2.50. The Morgan fingerprint density at radius 2 is 1.62 bits per heavy atom. The van der Waals surface area contributed by atoms with Crippen LogP contribution in [0.3, 0.4) is 0 Å². The van der Waals surface area contributed by atoms with Crippen molar-refractivity contribution in [2.45, 2.75) is 25.0 Å². The summed E-state index contributed by atoms with van der Waals surface area (Å²) < 4.78 is 4.71. The van der Waals surface area contributed by atoms with E-state index < -0.39 is 35.9 Å². The van der Waals surface area contributed by atoms with Crippen LogP contribution in [0.15, 0.2) is 0 Å². The van der Waals surface area contributed by atoms with Gasteiger partial charge in [-0.15, -0.1) is 12.8 Å². The van der Waals surface area contributed by atoms with Gasteiger partial charge in [0, 0.05) is 7.05 Å². The van der Waals surface area contributed by atoms with Gasteiger partial charge in [0.25, 0.3) is 0 Å². The second-order valence-electron chi connectivity index (χ2n) is 5.16. The lowest BCUT2D eigenvalue weighted by atomic mass is 9.90. The molecular formula is C15H16N2O4. The minimum Gasteiger partial charge on any atom is -0.468 e. The first kappa shape index (κ1) is 15.1. The first-order valence-electron chi connectivity index (χ1n) is 6.49. The van der Waals surface area contributed by atoms with Gasteiger partial charge >= 0.3 is 5.97 Å². The van der Waals surface area contributed by atoms with Crippen molar-refractivity contribution in [3.05, 3.63) is 0 Å². The monoisotopic (exact) mass is 288 g/mol. The fourth-order valence-electron chi connectivity index (χ4n) is 3.22. The predicted octanol–water partition coefficient (Wildman–Crippen LogP) is -0.902. The summed E-state index contributed by atoms with van der Waals surface area (Å²) in [6.07, 6.45) is 11.1. The van der Waals surface area contributed by atoms with Gasteiger partial charge in [-0.25, -0.2) is 0 Å². The van der Waals surface area contributed by atoms with Gasteiger partial charge in [-0.3, -0.25) is 24.2 Å². The summed E-state index contributed by atoms with van der Waals surface area (Å²) in [5, 5.41) is 0. The first-order valence-corrected chi connectivity index (χ1v) is 6.49. The van der Waals surface area contributed by atoms with Gasteiger partial charge in [0.1, 0.15) is 6.04 Å². The van der Waals surface area contributed by atoms with E-state index in [-0.39, 0.29) is 11.8 Å². The van der Waals surface area contributed by atoms with Crippen molar-refractivity contribution in [1.29, 1.82) is 0 Å². The molecular weight excluding hydrogens is 272 g/mol. The van der Waals surface area contributed by atoms with Gasteiger partial charge in [0.2, 0.25) is 11.8 Å². The second kappa shape index (κ2) is 5.23. The summed E-state index contributed by atoms with van der Waals surface area (Å²) >= 11 is 0. The minimum absolute atomic E-state index is 0.354. The molecule has 0 bridgehead atoms. The third kappa shape index (κ3) is 1.91. The number of fused-ring (bicyclic) bond motifs is 1. The molecule has 0 saturated carbocycles. The second-order valence-corrected chi connectivity index (χ2v) is 5.16. The van der Waals surface area contributed by atoms with Crippen LogP contribution >= 0.6 is 0 Å². The van der Waals surface area contributed by atoms with Crippen molar-refractivity contribution in [3.8, 4) is 24.7 Å². The summed E-state index contributed by atoms with van der Waals surface area (Å²) in [4.78, 5) is 38.9. The molecule has 6 heteroatoms. The molecule has 21 heavy (non-hydrogen) atoms. The fraction of sp³-hybridized carbons (Fsp3) is 0.533. The molecule has 0 aromatic rings. The van der Waals surface area contributed by atoms with Crippen LogP contribution in [0.2, 0.25) is 0 Å². The van der Waals surface area contributed by atoms with Crippen molar-refractivity contribution >= 4 is 17.8 Å². The Bertz CT molecular complexity index is 545. The van der Waals surface area contributed by atoms with E-state index in [1.165, 1.54) is 14.2 Å². The third-order valence-electron chi connectivity index (χ3n) is 4.27. The lowest BCUT2D eigenvalue weighted by Gasteiger charge is -2.31. The molecule has 2 saturated heterocycles. The number of rotatable bonds is 2. The van der Waals surface area contributed by atoms with Crippen molar-refractivity contribution < 1.29 is 19.1 Å². The molecule has 0 spiro atoms. The molecule has 0 aromatic carbocycles. The van der Waals surface area contributed by atoms with E-state index in [2.05, 4.69) is 11.8 Å². The fourth-order valence-corrected chi connectivity index (χ4v) is 3.22. The Kier molecular flexibility index (Phi) is 3.76. The molecule has 0 unspecified atom stereocenters. The molecule has 0 aromatic heterocycles. The number of nitrogens with zero attached hydrogens (tertiary/aromatic N) is 2. The molecule has 2 heterocycles. The summed E-state index contributed by atoms with van der Waals surface area (Å²) in [6.45, 7) is 1.60. The van der Waals surface area contributed by atoms with Crippen LogP contribution in [0.5, 0.6) is 0 Å². The number of hydrogen-bond donors (Lipinski definition) is 0. The zero-order chi connectivity index (χ0) is 15.9. The van der Waals surface area contributed by atoms with Crippen molar-refractivity contribution in [2.24, 2.45) is 11.8 Å². The number of carbonyl (C=O) groups excluding carboxylic acids is 3. The van der Waals surface area contributed by atoms with Crippen LogP contribution in [0.4, 0.5) is 0 Å². The number of hydrogen-bond acceptors (Lipinski definition) is 5. The SMILES string of the molecule is C#C[C@@H]1[C@H]2C(=O)N(C)C(=O)[C@H]2[C@H](C#C)N1[C@@H](C)C(=O)OC. The zero-order valence-electron chi connectivity index (χ0n) is 12.1. The number of carbonyl (C=O) groups is 3. The summed E-state index contributed by atoms with van der Waals surface area (Å²) in [6, 6.07) is -2.13.